The fraction of sp³-hybridized carbons (Fsp3) is 0.696. The molecule has 2 saturated carbocycles. The fourth-order valence-electron chi connectivity index (χ4n) is 5.19. The number of nitrogens with zero attached hydrogens (tertiary/aromatic N) is 2. The maximum Gasteiger partial charge on any atom is 0.261 e. The van der Waals surface area contributed by atoms with Gasteiger partial charge in [0.25, 0.3) is 5.91 Å². The van der Waals surface area contributed by atoms with Crippen molar-refractivity contribution < 1.29 is 14.7 Å². The van der Waals surface area contributed by atoms with Gasteiger partial charge in [-0.05, 0) is 58.6 Å². The second-order valence-corrected chi connectivity index (χ2v) is 10.6. The predicted octanol–water partition coefficient (Wildman–Crippen LogP) is 2.97. The molecule has 0 bridgehead atoms. The Bertz CT molecular complexity index is 858. The summed E-state index contributed by atoms with van der Waals surface area (Å²) < 4.78 is 0. The van der Waals surface area contributed by atoms with E-state index < -0.39 is 6.35 Å². The molecule has 4 N–H and O–H groups in total. The minimum absolute atomic E-state index is 0.0239. The summed E-state index contributed by atoms with van der Waals surface area (Å²) in [6.45, 7) is 2.02. The van der Waals surface area contributed by atoms with Crippen molar-refractivity contribution in [3.8, 4) is 0 Å². The lowest BCUT2D eigenvalue weighted by molar-refractivity contribution is -0.140. The van der Waals surface area contributed by atoms with Gasteiger partial charge in [-0.1, -0.05) is 19.3 Å². The molecule has 176 valence electrons. The van der Waals surface area contributed by atoms with Crippen molar-refractivity contribution in [2.75, 3.05) is 18.9 Å². The molecule has 1 atom stereocenters. The van der Waals surface area contributed by atoms with Crippen LogP contribution in [0.3, 0.4) is 0 Å². The van der Waals surface area contributed by atoms with E-state index in [4.69, 9.17) is 5.41 Å². The Kier molecular flexibility index (Phi) is 7.17. The number of aliphatic hydroxyl groups is 1. The lowest BCUT2D eigenvalue weighted by Gasteiger charge is -2.36. The van der Waals surface area contributed by atoms with Gasteiger partial charge in [0.2, 0.25) is 5.91 Å². The molecule has 1 aromatic heterocycles. The van der Waals surface area contributed by atoms with Crippen LogP contribution in [-0.4, -0.2) is 70.5 Å². The van der Waals surface area contributed by atoms with Crippen LogP contribution in [-0.2, 0) is 4.79 Å². The molecular formula is C23H35N5O3S. The van der Waals surface area contributed by atoms with Crippen LogP contribution >= 0.6 is 11.3 Å². The zero-order valence-electron chi connectivity index (χ0n) is 19.0. The molecule has 0 radical (unpaired) electrons. The van der Waals surface area contributed by atoms with E-state index in [0.717, 1.165) is 49.1 Å². The Morgan fingerprint density at radius 1 is 1.12 bits per heavy atom. The first-order chi connectivity index (χ1) is 15.3. The number of nitrogens with one attached hydrogen (secondary N) is 3. The standard InChI is InChI=1S/C23H35N5O3S/c1-14(24)18-12-19(32-22(18)26-15-6-4-3-5-7-15)21(30)25-16-8-10-17(11-9-16)28-20(29)13-27(2)23(28)31/h12,15-17,23-24,26,31H,3-11,13H2,1-2H3,(H,25,30). The molecular weight excluding hydrogens is 426 g/mol. The summed E-state index contributed by atoms with van der Waals surface area (Å²) >= 11 is 1.44. The van der Waals surface area contributed by atoms with Crippen molar-refractivity contribution in [3.05, 3.63) is 16.5 Å². The largest absolute Gasteiger partial charge is 0.374 e. The molecule has 2 aliphatic carbocycles. The van der Waals surface area contributed by atoms with E-state index in [0.29, 0.717) is 16.6 Å². The van der Waals surface area contributed by atoms with Gasteiger partial charge in [0.15, 0.2) is 6.35 Å². The fourth-order valence-corrected chi connectivity index (χ4v) is 6.28. The van der Waals surface area contributed by atoms with Crippen LogP contribution in [0.2, 0.25) is 0 Å². The molecule has 4 rings (SSSR count). The average molecular weight is 462 g/mol. The number of carbonyl (C=O) groups is 2. The normalized spacial score (nSPS) is 27.5. The van der Waals surface area contributed by atoms with Crippen molar-refractivity contribution in [3.63, 3.8) is 0 Å². The van der Waals surface area contributed by atoms with E-state index in [2.05, 4.69) is 10.6 Å². The van der Waals surface area contributed by atoms with Crippen LogP contribution in [0.4, 0.5) is 5.00 Å². The third kappa shape index (κ3) is 5.00. The quantitative estimate of drug-likeness (QED) is 0.487. The van der Waals surface area contributed by atoms with Crippen LogP contribution in [0.15, 0.2) is 6.07 Å². The molecule has 0 spiro atoms. The Labute approximate surface area is 193 Å². The van der Waals surface area contributed by atoms with Gasteiger partial charge in [-0.15, -0.1) is 11.3 Å². The Hall–Kier alpha value is -1.97. The number of hydrogen-bond acceptors (Lipinski definition) is 7. The maximum atomic E-state index is 13.0. The van der Waals surface area contributed by atoms with Gasteiger partial charge in [0, 0.05) is 29.4 Å². The van der Waals surface area contributed by atoms with Gasteiger partial charge in [-0.3, -0.25) is 19.4 Å². The second-order valence-electron chi connectivity index (χ2n) is 9.50. The van der Waals surface area contributed by atoms with E-state index >= 15 is 0 Å². The third-order valence-electron chi connectivity index (χ3n) is 7.04. The Balaban J connectivity index is 1.34. The van der Waals surface area contributed by atoms with E-state index in [-0.39, 0.29) is 30.4 Å². The molecule has 1 unspecified atom stereocenters. The van der Waals surface area contributed by atoms with E-state index in [1.54, 1.807) is 23.8 Å². The summed E-state index contributed by atoms with van der Waals surface area (Å²) in [4.78, 5) is 29.1. The highest BCUT2D eigenvalue weighted by Crippen LogP contribution is 2.33. The van der Waals surface area contributed by atoms with Crippen LogP contribution in [0.25, 0.3) is 0 Å². The highest BCUT2D eigenvalue weighted by molar-refractivity contribution is 7.18. The smallest absolute Gasteiger partial charge is 0.261 e. The van der Waals surface area contributed by atoms with Crippen molar-refractivity contribution >= 4 is 33.9 Å². The molecule has 8 nitrogen and oxygen atoms in total. The monoisotopic (exact) mass is 461 g/mol. The Morgan fingerprint density at radius 2 is 1.81 bits per heavy atom. The first-order valence-electron chi connectivity index (χ1n) is 11.8. The van der Waals surface area contributed by atoms with Crippen LogP contribution in [0.1, 0.15) is 79.9 Å². The SMILES string of the molecule is CC(=N)c1cc(C(=O)NC2CCC(N3C(=O)CN(C)C3O)CC2)sc1NC1CCCCC1. The molecule has 1 saturated heterocycles. The van der Waals surface area contributed by atoms with Crippen LogP contribution < -0.4 is 10.6 Å². The number of rotatable bonds is 6. The average Bonchev–Trinajstić information content (AvgIpc) is 3.30. The van der Waals surface area contributed by atoms with Crippen LogP contribution in [0.5, 0.6) is 0 Å². The van der Waals surface area contributed by atoms with E-state index in [1.165, 1.54) is 30.6 Å². The molecule has 2 heterocycles. The lowest BCUT2D eigenvalue weighted by atomic mass is 9.90. The molecule has 3 aliphatic rings. The second kappa shape index (κ2) is 9.89. The predicted molar refractivity (Wildman–Crippen MR) is 126 cm³/mol. The van der Waals surface area contributed by atoms with Gasteiger partial charge >= 0.3 is 0 Å². The van der Waals surface area contributed by atoms with Crippen LogP contribution in [0, 0.1) is 5.41 Å². The highest BCUT2D eigenvalue weighted by atomic mass is 32.1. The molecule has 2 amide bonds. The summed E-state index contributed by atoms with van der Waals surface area (Å²) in [7, 11) is 1.75. The van der Waals surface area contributed by atoms with Gasteiger partial charge < -0.3 is 21.1 Å². The van der Waals surface area contributed by atoms with Gasteiger partial charge in [0.1, 0.15) is 0 Å². The van der Waals surface area contributed by atoms with E-state index in [9.17, 15) is 14.7 Å². The highest BCUT2D eigenvalue weighted by Gasteiger charge is 2.40. The molecule has 0 aromatic carbocycles. The number of hydrogen-bond donors (Lipinski definition) is 4. The number of carbonyl (C=O) groups excluding carboxylic acids is 2. The molecule has 9 heteroatoms. The van der Waals surface area contributed by atoms with Gasteiger partial charge in [-0.2, -0.15) is 0 Å². The Morgan fingerprint density at radius 3 is 2.41 bits per heavy atom. The number of anilines is 1. The minimum Gasteiger partial charge on any atom is -0.374 e. The van der Waals surface area contributed by atoms with Crippen molar-refractivity contribution in [1.82, 2.24) is 15.1 Å². The van der Waals surface area contributed by atoms with Crippen molar-refractivity contribution in [2.24, 2.45) is 0 Å². The van der Waals surface area contributed by atoms with Gasteiger partial charge in [0.05, 0.1) is 16.4 Å². The number of aliphatic hydroxyl groups excluding tert-OH is 1. The molecule has 3 fully saturated rings. The summed E-state index contributed by atoms with van der Waals surface area (Å²) in [5.74, 6) is -0.117. The van der Waals surface area contributed by atoms with Crippen molar-refractivity contribution in [1.29, 1.82) is 5.41 Å². The first-order valence-corrected chi connectivity index (χ1v) is 12.6. The molecule has 1 aliphatic heterocycles. The van der Waals surface area contributed by atoms with Gasteiger partial charge in [-0.25, -0.2) is 0 Å². The first kappa shape index (κ1) is 23.2. The minimum atomic E-state index is -0.845. The zero-order valence-corrected chi connectivity index (χ0v) is 19.8. The zero-order chi connectivity index (χ0) is 22.8. The topological polar surface area (TPSA) is 109 Å². The maximum absolute atomic E-state index is 13.0. The summed E-state index contributed by atoms with van der Waals surface area (Å²) in [5, 5.41) is 26.1. The number of thiophene rings is 1. The number of amides is 2. The molecule has 32 heavy (non-hydrogen) atoms. The molecule has 1 aromatic rings. The third-order valence-corrected chi connectivity index (χ3v) is 8.11. The number of likely N-dealkylation sites (N-methyl/N-ethyl adjacent to an activating group) is 1. The van der Waals surface area contributed by atoms with Crippen molar-refractivity contribution in [2.45, 2.75) is 89.2 Å². The van der Waals surface area contributed by atoms with E-state index in [1.807, 2.05) is 6.07 Å². The lowest BCUT2D eigenvalue weighted by Crippen LogP contribution is -2.48. The summed E-state index contributed by atoms with van der Waals surface area (Å²) in [5.41, 5.74) is 1.29. The summed E-state index contributed by atoms with van der Waals surface area (Å²) in [6, 6.07) is 2.35. The summed E-state index contributed by atoms with van der Waals surface area (Å²) in [6.07, 6.45) is 8.29.